The predicted octanol–water partition coefficient (Wildman–Crippen LogP) is 4.28. The number of fused-ring (bicyclic) bond motifs is 1. The van der Waals surface area contributed by atoms with E-state index in [0.29, 0.717) is 35.5 Å². The molecule has 0 atom stereocenters. The first-order valence-electron chi connectivity index (χ1n) is 10.8. The molecule has 0 bridgehead atoms. The number of nitrogens with zero attached hydrogens (tertiary/aromatic N) is 2. The molecule has 1 amide bonds. The van der Waals surface area contributed by atoms with Crippen molar-refractivity contribution in [1.82, 2.24) is 9.55 Å². The molecule has 1 saturated carbocycles. The fraction of sp³-hybridized carbons (Fsp3) is 0.240. The molecule has 1 aliphatic carbocycles. The zero-order valence-corrected chi connectivity index (χ0v) is 18.7. The summed E-state index contributed by atoms with van der Waals surface area (Å²) in [7, 11) is 0. The number of rotatable bonds is 6. The van der Waals surface area contributed by atoms with Crippen molar-refractivity contribution in [1.29, 1.82) is 0 Å². The van der Waals surface area contributed by atoms with Crippen molar-refractivity contribution in [3.05, 3.63) is 82.5 Å². The molecule has 10 heteroatoms. The highest BCUT2D eigenvalue weighted by Gasteiger charge is 2.53. The second-order valence-electron chi connectivity index (χ2n) is 8.68. The first kappa shape index (κ1) is 22.6. The number of ether oxygens (including phenoxy) is 2. The van der Waals surface area contributed by atoms with Crippen LogP contribution >= 0.6 is 0 Å². The Labute approximate surface area is 198 Å². The topological polar surface area (TPSA) is 103 Å². The summed E-state index contributed by atoms with van der Waals surface area (Å²) in [5, 5.41) is 12.2. The second-order valence-corrected chi connectivity index (χ2v) is 8.68. The number of carbonyl (C=O) groups is 1. The van der Waals surface area contributed by atoms with Gasteiger partial charge in [0.2, 0.25) is 5.91 Å². The van der Waals surface area contributed by atoms with Gasteiger partial charge in [-0.2, -0.15) is 0 Å². The molecule has 2 aromatic heterocycles. The molecule has 8 nitrogen and oxygen atoms in total. The number of hydrogen-bond acceptors (Lipinski definition) is 6. The van der Waals surface area contributed by atoms with Crippen LogP contribution in [0.15, 0.2) is 65.8 Å². The lowest BCUT2D eigenvalue weighted by molar-refractivity contribution is -0.286. The third-order valence-corrected chi connectivity index (χ3v) is 6.10. The maximum atomic E-state index is 13.4. The van der Waals surface area contributed by atoms with Crippen LogP contribution in [0.5, 0.6) is 11.5 Å². The largest absolute Gasteiger partial charge is 0.586 e. The van der Waals surface area contributed by atoms with Crippen molar-refractivity contribution in [3.8, 4) is 22.8 Å². The fourth-order valence-electron chi connectivity index (χ4n) is 4.13. The van der Waals surface area contributed by atoms with Gasteiger partial charge in [-0.05, 0) is 55.2 Å². The van der Waals surface area contributed by atoms with Crippen molar-refractivity contribution in [2.45, 2.75) is 38.0 Å². The van der Waals surface area contributed by atoms with Gasteiger partial charge in [0, 0.05) is 17.8 Å². The number of amides is 1. The lowest BCUT2D eigenvalue weighted by atomic mass is 9.94. The number of allylic oxidation sites excluding steroid dienone is 1. The molecule has 0 saturated heterocycles. The summed E-state index contributed by atoms with van der Waals surface area (Å²) >= 11 is 0. The maximum Gasteiger partial charge on any atom is 0.586 e. The van der Waals surface area contributed by atoms with Gasteiger partial charge < -0.3 is 24.5 Å². The zero-order valence-electron chi connectivity index (χ0n) is 18.7. The Morgan fingerprint density at radius 3 is 2.60 bits per heavy atom. The van der Waals surface area contributed by atoms with Crippen LogP contribution in [0.2, 0.25) is 0 Å². The Morgan fingerprint density at radius 2 is 1.91 bits per heavy atom. The number of halogens is 2. The highest BCUT2D eigenvalue weighted by molar-refractivity contribution is 6.01. The van der Waals surface area contributed by atoms with E-state index >= 15 is 0 Å². The first-order chi connectivity index (χ1) is 16.6. The van der Waals surface area contributed by atoms with E-state index in [9.17, 15) is 23.5 Å². The lowest BCUT2D eigenvalue weighted by Gasteiger charge is -2.17. The number of benzene rings is 1. The lowest BCUT2D eigenvalue weighted by Crippen LogP contribution is -2.28. The Kier molecular flexibility index (Phi) is 5.12. The minimum Gasteiger partial charge on any atom is -0.511 e. The van der Waals surface area contributed by atoms with Gasteiger partial charge >= 0.3 is 6.29 Å². The molecule has 0 spiro atoms. The Bertz CT molecular complexity index is 1430. The van der Waals surface area contributed by atoms with Crippen molar-refractivity contribution < 1.29 is 28.2 Å². The highest BCUT2D eigenvalue weighted by Crippen LogP contribution is 2.52. The van der Waals surface area contributed by atoms with Crippen molar-refractivity contribution in [2.75, 3.05) is 5.32 Å². The van der Waals surface area contributed by atoms with E-state index < -0.39 is 11.7 Å². The molecular weight excluding hydrogens is 460 g/mol. The molecule has 180 valence electrons. The average Bonchev–Trinajstić information content (AvgIpc) is 3.53. The number of aryl methyl sites for hydroxylation is 1. The molecular formula is C25H21F2N3O5. The Balaban J connectivity index is 1.39. The summed E-state index contributed by atoms with van der Waals surface area (Å²) in [6, 6.07) is 10.9. The molecule has 0 radical (unpaired) electrons. The monoisotopic (exact) mass is 481 g/mol. The summed E-state index contributed by atoms with van der Waals surface area (Å²) in [6.07, 6.45) is -1.10. The molecule has 3 heterocycles. The molecule has 2 aliphatic rings. The van der Waals surface area contributed by atoms with Crippen molar-refractivity contribution in [2.24, 2.45) is 0 Å². The maximum absolute atomic E-state index is 13.4. The van der Waals surface area contributed by atoms with Gasteiger partial charge in [0.05, 0.1) is 17.7 Å². The van der Waals surface area contributed by atoms with Crippen LogP contribution in [0.4, 0.5) is 14.6 Å². The zero-order chi connectivity index (χ0) is 25.0. The van der Waals surface area contributed by atoms with Gasteiger partial charge in [0.1, 0.15) is 11.6 Å². The van der Waals surface area contributed by atoms with Gasteiger partial charge in [0.25, 0.3) is 5.56 Å². The summed E-state index contributed by atoms with van der Waals surface area (Å²) < 4.78 is 37.0. The standard InChI is InChI=1S/C25H21F2N3O5/c1-14-3-6-20(28-22(14)16-7-10-30(13-15(2)31)21(32)11-16)29-23(33)24(8-9-24)17-4-5-18-19(12-17)35-25(26,27)34-18/h3-7,10-12,31H,2,8-9,13H2,1H3,(H,28,29,33). The quantitative estimate of drug-likeness (QED) is 0.510. The molecule has 3 aromatic rings. The third kappa shape index (κ3) is 4.23. The van der Waals surface area contributed by atoms with Crippen LogP contribution in [-0.4, -0.2) is 26.9 Å². The van der Waals surface area contributed by atoms with E-state index in [1.54, 1.807) is 24.3 Å². The van der Waals surface area contributed by atoms with Gasteiger partial charge in [-0.3, -0.25) is 9.59 Å². The molecule has 1 fully saturated rings. The van der Waals surface area contributed by atoms with E-state index in [4.69, 9.17) is 0 Å². The molecule has 35 heavy (non-hydrogen) atoms. The van der Waals surface area contributed by atoms with Crippen LogP contribution < -0.4 is 20.3 Å². The van der Waals surface area contributed by atoms with E-state index in [1.165, 1.54) is 29.0 Å². The second kappa shape index (κ2) is 7.93. The van der Waals surface area contributed by atoms with Gasteiger partial charge in [-0.1, -0.05) is 18.7 Å². The SMILES string of the molecule is C=C(O)Cn1ccc(-c2nc(NC(=O)C3(c4ccc5c(c4)OC(F)(F)O5)CC3)ccc2C)cc1=O. The number of nitrogens with one attached hydrogen (secondary N) is 1. The summed E-state index contributed by atoms with van der Waals surface area (Å²) in [4.78, 5) is 30.1. The van der Waals surface area contributed by atoms with Crippen molar-refractivity contribution >= 4 is 11.7 Å². The van der Waals surface area contributed by atoms with Crippen LogP contribution in [0.1, 0.15) is 24.0 Å². The summed E-state index contributed by atoms with van der Waals surface area (Å²) in [5.41, 5.74) is 1.21. The number of aliphatic hydroxyl groups excluding tert-OH is 1. The van der Waals surface area contributed by atoms with Gasteiger partial charge in [-0.15, -0.1) is 8.78 Å². The summed E-state index contributed by atoms with van der Waals surface area (Å²) in [6.45, 7) is 5.21. The van der Waals surface area contributed by atoms with Gasteiger partial charge in [-0.25, -0.2) is 4.98 Å². The minimum absolute atomic E-state index is 0.0127. The first-order valence-corrected chi connectivity index (χ1v) is 10.8. The summed E-state index contributed by atoms with van der Waals surface area (Å²) in [5.74, 6) is -0.347. The smallest absolute Gasteiger partial charge is 0.511 e. The number of anilines is 1. The minimum atomic E-state index is -3.73. The van der Waals surface area contributed by atoms with Crippen molar-refractivity contribution in [3.63, 3.8) is 0 Å². The van der Waals surface area contributed by atoms with Crippen LogP contribution in [0.25, 0.3) is 11.3 Å². The Hall–Kier alpha value is -4.21. The number of alkyl halides is 2. The van der Waals surface area contributed by atoms with E-state index in [0.717, 1.165) is 5.56 Å². The molecule has 5 rings (SSSR count). The van der Waals surface area contributed by atoms with Gasteiger partial charge in [0.15, 0.2) is 11.5 Å². The molecule has 1 aliphatic heterocycles. The van der Waals surface area contributed by atoms with E-state index in [2.05, 4.69) is 26.4 Å². The molecule has 2 N–H and O–H groups in total. The molecule has 0 unspecified atom stereocenters. The normalized spacial score (nSPS) is 16.5. The van der Waals surface area contributed by atoms with Crippen LogP contribution in [-0.2, 0) is 16.8 Å². The number of hydrogen-bond donors (Lipinski definition) is 2. The molecule has 1 aromatic carbocycles. The van der Waals surface area contributed by atoms with E-state index in [-0.39, 0.29) is 35.3 Å². The fourth-order valence-corrected chi connectivity index (χ4v) is 4.13. The average molecular weight is 481 g/mol. The third-order valence-electron chi connectivity index (χ3n) is 6.10. The number of aliphatic hydroxyl groups is 1. The highest BCUT2D eigenvalue weighted by atomic mass is 19.3. The number of carbonyl (C=O) groups excluding carboxylic acids is 1. The number of aromatic nitrogens is 2. The van der Waals surface area contributed by atoms with Crippen LogP contribution in [0, 0.1) is 6.92 Å². The number of pyridine rings is 2. The predicted molar refractivity (Wildman–Crippen MR) is 123 cm³/mol. The Morgan fingerprint density at radius 1 is 1.17 bits per heavy atom. The van der Waals surface area contributed by atoms with E-state index in [1.807, 2.05) is 6.92 Å². The van der Waals surface area contributed by atoms with Crippen LogP contribution in [0.3, 0.4) is 0 Å².